The van der Waals surface area contributed by atoms with Crippen LogP contribution in [-0.2, 0) is 9.59 Å². The molecule has 0 radical (unpaired) electrons. The molecule has 1 heterocycles. The lowest BCUT2D eigenvalue weighted by Crippen LogP contribution is -2.52. The summed E-state index contributed by atoms with van der Waals surface area (Å²) in [6.07, 6.45) is 0. The number of carbonyl (C=O) groups is 5. The van der Waals surface area contributed by atoms with Crippen LogP contribution in [0, 0.1) is 11.8 Å². The van der Waals surface area contributed by atoms with E-state index < -0.39 is 59.7 Å². The quantitative estimate of drug-likeness (QED) is 0.0762. The van der Waals surface area contributed by atoms with Crippen molar-refractivity contribution in [1.29, 1.82) is 0 Å². The Balaban J connectivity index is 1.13. The van der Waals surface area contributed by atoms with Crippen molar-refractivity contribution in [3.05, 3.63) is 170 Å². The fourth-order valence-electron chi connectivity index (χ4n) is 7.59. The number of hydrogen-bond donors (Lipinski definition) is 0. The Bertz CT molecular complexity index is 2120. The van der Waals surface area contributed by atoms with Gasteiger partial charge in [0, 0.05) is 23.0 Å². The van der Waals surface area contributed by atoms with Crippen LogP contribution in [-0.4, -0.2) is 46.0 Å². The maximum atomic E-state index is 14.5. The van der Waals surface area contributed by atoms with E-state index in [4.69, 9.17) is 27.9 Å². The summed E-state index contributed by atoms with van der Waals surface area (Å²) in [6.45, 7) is -0.631. The second-order valence-corrected chi connectivity index (χ2v) is 13.3. The number of amides is 3. The average Bonchev–Trinajstić information content (AvgIpc) is 3.41. The molecule has 50 heavy (non-hydrogen) atoms. The lowest BCUT2D eigenvalue weighted by atomic mass is 9.55. The topological polar surface area (TPSA) is 101 Å². The molecule has 0 unspecified atom stereocenters. The molecule has 2 bridgehead atoms. The summed E-state index contributed by atoms with van der Waals surface area (Å²) in [5, 5.41) is 2.10. The van der Waals surface area contributed by atoms with E-state index >= 15 is 0 Å². The van der Waals surface area contributed by atoms with Gasteiger partial charge in [0.1, 0.15) is 12.3 Å². The number of Topliss-reactive ketones (excluding diaryl/α,β-unsaturated/α-hetero) is 1. The van der Waals surface area contributed by atoms with Crippen molar-refractivity contribution in [3.8, 4) is 5.75 Å². The summed E-state index contributed by atoms with van der Waals surface area (Å²) in [4.78, 5) is 69.7. The van der Waals surface area contributed by atoms with Gasteiger partial charge in [-0.05, 0) is 76.9 Å². The number of ketones is 1. The van der Waals surface area contributed by atoms with Gasteiger partial charge in [0.2, 0.25) is 0 Å². The highest BCUT2D eigenvalue weighted by molar-refractivity contribution is 6.42. The molecule has 1 fully saturated rings. The predicted octanol–water partition coefficient (Wildman–Crippen LogP) is 7.34. The first-order valence-corrected chi connectivity index (χ1v) is 16.7. The van der Waals surface area contributed by atoms with Gasteiger partial charge in [-0.25, -0.2) is 9.80 Å². The summed E-state index contributed by atoms with van der Waals surface area (Å²) >= 11 is 12.4. The number of ether oxygens (including phenoxy) is 1. The third-order valence-corrected chi connectivity index (χ3v) is 10.5. The van der Waals surface area contributed by atoms with Crippen LogP contribution >= 0.6 is 23.2 Å². The van der Waals surface area contributed by atoms with Crippen molar-refractivity contribution in [2.45, 2.75) is 11.8 Å². The maximum absolute atomic E-state index is 14.5. The number of carbonyl (C=O) groups excluding carboxylic acids is 5. The zero-order chi connectivity index (χ0) is 34.7. The largest absolute Gasteiger partial charge is 0.423 e. The van der Waals surface area contributed by atoms with Gasteiger partial charge in [-0.15, -0.1) is 0 Å². The molecule has 3 aliphatic carbocycles. The van der Waals surface area contributed by atoms with Gasteiger partial charge in [-0.1, -0.05) is 89.9 Å². The van der Waals surface area contributed by atoms with Gasteiger partial charge < -0.3 is 4.74 Å². The fraction of sp³-hybridized carbons (Fsp3) is 0.125. The molecule has 0 spiro atoms. The summed E-state index contributed by atoms with van der Waals surface area (Å²) < 4.78 is 5.44. The predicted molar refractivity (Wildman–Crippen MR) is 185 cm³/mol. The van der Waals surface area contributed by atoms with E-state index in [2.05, 4.69) is 0 Å². The van der Waals surface area contributed by atoms with Crippen LogP contribution in [0.5, 0.6) is 5.75 Å². The molecule has 2 atom stereocenters. The number of hydrogen-bond acceptors (Lipinski definition) is 6. The molecule has 4 aliphatic rings. The highest BCUT2D eigenvalue weighted by Gasteiger charge is 2.63. The van der Waals surface area contributed by atoms with Gasteiger partial charge in [-0.3, -0.25) is 19.2 Å². The van der Waals surface area contributed by atoms with Gasteiger partial charge >= 0.3 is 5.97 Å². The van der Waals surface area contributed by atoms with Crippen LogP contribution in [0.1, 0.15) is 65.2 Å². The van der Waals surface area contributed by atoms with E-state index in [0.29, 0.717) is 5.56 Å². The monoisotopic (exact) mass is 700 g/mol. The molecule has 1 aliphatic heterocycles. The molecular formula is C40H26Cl2N2O6. The van der Waals surface area contributed by atoms with E-state index in [0.717, 1.165) is 32.3 Å². The molecule has 246 valence electrons. The zero-order valence-corrected chi connectivity index (χ0v) is 27.7. The first-order chi connectivity index (χ1) is 24.2. The van der Waals surface area contributed by atoms with E-state index in [-0.39, 0.29) is 26.9 Å². The Morgan fingerprint density at radius 2 is 1.10 bits per heavy atom. The molecule has 0 saturated carbocycles. The fourth-order valence-corrected chi connectivity index (χ4v) is 7.89. The van der Waals surface area contributed by atoms with Gasteiger partial charge in [0.05, 0.1) is 27.4 Å². The van der Waals surface area contributed by atoms with Crippen molar-refractivity contribution in [1.82, 2.24) is 10.0 Å². The molecule has 3 amide bonds. The van der Waals surface area contributed by atoms with Crippen LogP contribution < -0.4 is 4.74 Å². The number of rotatable bonds is 7. The number of nitrogens with zero attached hydrogens (tertiary/aromatic N) is 2. The molecule has 0 aromatic heterocycles. The van der Waals surface area contributed by atoms with Gasteiger partial charge in [0.15, 0.2) is 5.78 Å². The standard InChI is InChI=1S/C40H26Cl2N2O6/c41-30-19-16-24(20-31(30)42)37(46)43(21-32(45)22-14-17-25(18-15-22)50-40(49)23-8-2-1-3-9-23)44-38(47)35-33-26-10-4-5-11-27(26)34(36(35)39(44)48)29-13-7-6-12-28(29)33/h1-20,33-36H,21H2/t33?,34?,35-,36-/m0/s1. The van der Waals surface area contributed by atoms with Gasteiger partial charge in [0.25, 0.3) is 17.7 Å². The van der Waals surface area contributed by atoms with Crippen LogP contribution in [0.15, 0.2) is 121 Å². The summed E-state index contributed by atoms with van der Waals surface area (Å²) in [7, 11) is 0. The average molecular weight is 702 g/mol. The maximum Gasteiger partial charge on any atom is 0.343 e. The molecule has 10 heteroatoms. The summed E-state index contributed by atoms with van der Waals surface area (Å²) in [6, 6.07) is 34.2. The van der Waals surface area contributed by atoms with Crippen LogP contribution in [0.4, 0.5) is 0 Å². The van der Waals surface area contributed by atoms with E-state index in [1.807, 2.05) is 48.5 Å². The van der Waals surface area contributed by atoms with Crippen LogP contribution in [0.3, 0.4) is 0 Å². The molecular weight excluding hydrogens is 675 g/mol. The lowest BCUT2D eigenvalue weighted by molar-refractivity contribution is -0.154. The number of hydrazine groups is 1. The van der Waals surface area contributed by atoms with Crippen molar-refractivity contribution < 1.29 is 28.7 Å². The Labute approximate surface area is 296 Å². The molecule has 1 saturated heterocycles. The number of esters is 1. The second kappa shape index (κ2) is 12.4. The highest BCUT2D eigenvalue weighted by atomic mass is 35.5. The zero-order valence-electron chi connectivity index (χ0n) is 26.2. The number of imide groups is 1. The third kappa shape index (κ3) is 5.11. The smallest absolute Gasteiger partial charge is 0.343 e. The van der Waals surface area contributed by atoms with E-state index in [9.17, 15) is 24.0 Å². The normalized spacial score (nSPS) is 19.8. The first-order valence-electron chi connectivity index (χ1n) is 16.0. The van der Waals surface area contributed by atoms with E-state index in [1.54, 1.807) is 30.3 Å². The Hall–Kier alpha value is -5.57. The summed E-state index contributed by atoms with van der Waals surface area (Å²) in [5.74, 6) is -5.11. The van der Waals surface area contributed by atoms with Crippen LogP contribution in [0.2, 0.25) is 10.0 Å². The van der Waals surface area contributed by atoms with Crippen molar-refractivity contribution in [2.24, 2.45) is 11.8 Å². The SMILES string of the molecule is O=C(CN(C(=O)c1ccc(Cl)c(Cl)c1)N1C(=O)[C@H]2C3c4ccccc4C(c4ccccc43)[C@@H]2C1=O)c1ccc(OC(=O)c2ccccc2)cc1. The van der Waals surface area contributed by atoms with E-state index in [1.165, 1.54) is 42.5 Å². The minimum Gasteiger partial charge on any atom is -0.423 e. The van der Waals surface area contributed by atoms with Crippen molar-refractivity contribution >= 4 is 52.7 Å². The van der Waals surface area contributed by atoms with Gasteiger partial charge in [-0.2, -0.15) is 5.01 Å². The minimum atomic E-state index is -0.770. The molecule has 8 nitrogen and oxygen atoms in total. The highest BCUT2D eigenvalue weighted by Crippen LogP contribution is 2.61. The van der Waals surface area contributed by atoms with Crippen LogP contribution in [0.25, 0.3) is 0 Å². The molecule has 0 N–H and O–H groups in total. The number of halogens is 2. The number of benzene rings is 5. The molecule has 5 aromatic carbocycles. The first kappa shape index (κ1) is 31.7. The molecule has 9 rings (SSSR count). The Morgan fingerprint density at radius 3 is 1.62 bits per heavy atom. The third-order valence-electron chi connectivity index (χ3n) is 9.76. The Morgan fingerprint density at radius 1 is 0.600 bits per heavy atom. The minimum absolute atomic E-state index is 0.0420. The van der Waals surface area contributed by atoms with Crippen molar-refractivity contribution in [2.75, 3.05) is 6.54 Å². The van der Waals surface area contributed by atoms with Crippen molar-refractivity contribution in [3.63, 3.8) is 0 Å². The summed E-state index contributed by atoms with van der Waals surface area (Å²) in [5.41, 5.74) is 4.50. The lowest BCUT2D eigenvalue weighted by Gasteiger charge is -2.45. The Kier molecular flexibility index (Phi) is 7.85. The second-order valence-electron chi connectivity index (χ2n) is 12.4. The molecule has 5 aromatic rings.